The average Bonchev–Trinajstić information content (AvgIpc) is 2.48. The van der Waals surface area contributed by atoms with Gasteiger partial charge in [0.25, 0.3) is 0 Å². The van der Waals surface area contributed by atoms with Gasteiger partial charge >= 0.3 is 5.97 Å². The zero-order valence-corrected chi connectivity index (χ0v) is 12.9. The summed E-state index contributed by atoms with van der Waals surface area (Å²) >= 11 is 1.34. The Morgan fingerprint density at radius 1 is 1.33 bits per heavy atom. The number of nitrogens with zero attached hydrogens (tertiary/aromatic N) is 1. The Hall–Kier alpha value is -1.56. The van der Waals surface area contributed by atoms with E-state index in [1.807, 2.05) is 6.92 Å². The van der Waals surface area contributed by atoms with Crippen molar-refractivity contribution >= 4 is 23.6 Å². The molecule has 0 saturated heterocycles. The van der Waals surface area contributed by atoms with Gasteiger partial charge in [-0.2, -0.15) is 0 Å². The smallest absolute Gasteiger partial charge is 0.337 e. The van der Waals surface area contributed by atoms with E-state index in [0.717, 1.165) is 12.8 Å². The molecule has 2 N–H and O–H groups in total. The molecule has 1 fully saturated rings. The minimum Gasteiger partial charge on any atom is -0.478 e. The lowest BCUT2D eigenvalue weighted by molar-refractivity contribution is -0.121. The van der Waals surface area contributed by atoms with Crippen LogP contribution in [0.25, 0.3) is 0 Å². The fourth-order valence-corrected chi connectivity index (χ4v) is 3.17. The van der Waals surface area contributed by atoms with Crippen LogP contribution in [0.4, 0.5) is 0 Å². The van der Waals surface area contributed by atoms with Gasteiger partial charge in [0.2, 0.25) is 5.91 Å². The van der Waals surface area contributed by atoms with Crippen molar-refractivity contribution in [3.05, 3.63) is 23.9 Å². The Kier molecular flexibility index (Phi) is 5.61. The second kappa shape index (κ2) is 7.45. The molecule has 1 aromatic heterocycles. The molecular weight excluding hydrogens is 288 g/mol. The number of pyridine rings is 1. The quantitative estimate of drug-likeness (QED) is 0.818. The Bertz CT molecular complexity index is 498. The van der Waals surface area contributed by atoms with Crippen LogP contribution in [0.2, 0.25) is 0 Å². The average molecular weight is 308 g/mol. The molecular formula is C15H20N2O3S. The Morgan fingerprint density at radius 3 is 2.62 bits per heavy atom. The summed E-state index contributed by atoms with van der Waals surface area (Å²) < 4.78 is 0. The van der Waals surface area contributed by atoms with Crippen molar-refractivity contribution < 1.29 is 14.7 Å². The number of carboxylic acid groups (broad SMARTS) is 1. The molecule has 1 aromatic rings. The SMILES string of the molecule is CC(Sc1ccc(C(=O)O)cn1)C(=O)NC1CCCCC1. The number of nitrogens with one attached hydrogen (secondary N) is 1. The van der Waals surface area contributed by atoms with Gasteiger partial charge in [0.15, 0.2) is 0 Å². The van der Waals surface area contributed by atoms with E-state index in [1.54, 1.807) is 6.07 Å². The molecule has 1 heterocycles. The predicted octanol–water partition coefficient (Wildman–Crippen LogP) is 2.71. The van der Waals surface area contributed by atoms with E-state index in [2.05, 4.69) is 10.3 Å². The third kappa shape index (κ3) is 4.74. The van der Waals surface area contributed by atoms with Crippen LogP contribution >= 0.6 is 11.8 Å². The van der Waals surface area contributed by atoms with E-state index < -0.39 is 5.97 Å². The zero-order valence-electron chi connectivity index (χ0n) is 12.0. The first-order chi connectivity index (χ1) is 10.1. The highest BCUT2D eigenvalue weighted by atomic mass is 32.2. The van der Waals surface area contributed by atoms with Crippen molar-refractivity contribution in [3.63, 3.8) is 0 Å². The van der Waals surface area contributed by atoms with Crippen molar-refractivity contribution in [2.45, 2.75) is 55.3 Å². The topological polar surface area (TPSA) is 79.3 Å². The van der Waals surface area contributed by atoms with Crippen molar-refractivity contribution in [1.29, 1.82) is 0 Å². The van der Waals surface area contributed by atoms with Crippen LogP contribution in [0, 0.1) is 0 Å². The molecule has 2 rings (SSSR count). The van der Waals surface area contributed by atoms with E-state index in [1.165, 1.54) is 43.3 Å². The number of aromatic carboxylic acids is 1. The zero-order chi connectivity index (χ0) is 15.2. The van der Waals surface area contributed by atoms with Gasteiger partial charge in [-0.15, -0.1) is 0 Å². The number of carbonyl (C=O) groups excluding carboxylic acids is 1. The Balaban J connectivity index is 1.86. The largest absolute Gasteiger partial charge is 0.478 e. The number of thioether (sulfide) groups is 1. The van der Waals surface area contributed by atoms with Crippen LogP contribution in [-0.2, 0) is 4.79 Å². The summed E-state index contributed by atoms with van der Waals surface area (Å²) in [7, 11) is 0. The standard InChI is InChI=1S/C15H20N2O3S/c1-10(14(18)17-12-5-3-2-4-6-12)21-13-8-7-11(9-16-13)15(19)20/h7-10,12H,2-6H2,1H3,(H,17,18)(H,19,20). The molecule has 114 valence electrons. The number of carboxylic acids is 1. The molecule has 0 bridgehead atoms. The first-order valence-electron chi connectivity index (χ1n) is 7.22. The van der Waals surface area contributed by atoms with Crippen LogP contribution in [0.3, 0.4) is 0 Å². The third-order valence-corrected chi connectivity index (χ3v) is 4.65. The Morgan fingerprint density at radius 2 is 2.05 bits per heavy atom. The van der Waals surface area contributed by atoms with E-state index >= 15 is 0 Å². The predicted molar refractivity (Wildman–Crippen MR) is 81.5 cm³/mol. The molecule has 1 unspecified atom stereocenters. The third-order valence-electron chi connectivity index (χ3n) is 3.60. The number of carbonyl (C=O) groups is 2. The molecule has 0 spiro atoms. The molecule has 0 aliphatic heterocycles. The number of rotatable bonds is 5. The summed E-state index contributed by atoms with van der Waals surface area (Å²) in [5, 5.41) is 12.3. The maximum atomic E-state index is 12.1. The lowest BCUT2D eigenvalue weighted by Crippen LogP contribution is -2.40. The lowest BCUT2D eigenvalue weighted by atomic mass is 9.95. The molecule has 5 nitrogen and oxygen atoms in total. The second-order valence-corrected chi connectivity index (χ2v) is 6.65. The maximum Gasteiger partial charge on any atom is 0.337 e. The van der Waals surface area contributed by atoms with E-state index in [-0.39, 0.29) is 16.7 Å². The first-order valence-corrected chi connectivity index (χ1v) is 8.10. The van der Waals surface area contributed by atoms with Gasteiger partial charge in [-0.1, -0.05) is 31.0 Å². The van der Waals surface area contributed by atoms with Crippen molar-refractivity contribution in [1.82, 2.24) is 10.3 Å². The fourth-order valence-electron chi connectivity index (χ4n) is 2.38. The maximum absolute atomic E-state index is 12.1. The molecule has 1 atom stereocenters. The summed E-state index contributed by atoms with van der Waals surface area (Å²) in [6.07, 6.45) is 7.08. The lowest BCUT2D eigenvalue weighted by Gasteiger charge is -2.24. The highest BCUT2D eigenvalue weighted by molar-refractivity contribution is 8.00. The van der Waals surface area contributed by atoms with Crippen LogP contribution in [0.5, 0.6) is 0 Å². The summed E-state index contributed by atoms with van der Waals surface area (Å²) in [6, 6.07) is 3.44. The van der Waals surface area contributed by atoms with Crippen LogP contribution in [-0.4, -0.2) is 33.3 Å². The molecule has 1 aliphatic rings. The molecule has 0 aromatic carbocycles. The first kappa shape index (κ1) is 15.8. The molecule has 6 heteroatoms. The van der Waals surface area contributed by atoms with Gasteiger partial charge < -0.3 is 10.4 Å². The second-order valence-electron chi connectivity index (χ2n) is 5.29. The Labute approximate surface area is 128 Å². The van der Waals surface area contributed by atoms with Gasteiger partial charge in [-0.05, 0) is 31.9 Å². The molecule has 21 heavy (non-hydrogen) atoms. The van der Waals surface area contributed by atoms with Gasteiger partial charge in [0.05, 0.1) is 15.8 Å². The van der Waals surface area contributed by atoms with Gasteiger partial charge in [-0.3, -0.25) is 4.79 Å². The van der Waals surface area contributed by atoms with Crippen molar-refractivity contribution in [2.75, 3.05) is 0 Å². The van der Waals surface area contributed by atoms with Crippen LogP contribution < -0.4 is 5.32 Å². The van der Waals surface area contributed by atoms with Crippen molar-refractivity contribution in [2.24, 2.45) is 0 Å². The number of hydrogen-bond acceptors (Lipinski definition) is 4. The van der Waals surface area contributed by atoms with Crippen LogP contribution in [0.15, 0.2) is 23.4 Å². The van der Waals surface area contributed by atoms with Gasteiger partial charge in [-0.25, -0.2) is 9.78 Å². The summed E-state index contributed by atoms with van der Waals surface area (Å²) in [4.78, 5) is 27.0. The van der Waals surface area contributed by atoms with E-state index in [9.17, 15) is 9.59 Å². The summed E-state index contributed by atoms with van der Waals surface area (Å²) in [6.45, 7) is 1.84. The monoisotopic (exact) mass is 308 g/mol. The number of hydrogen-bond donors (Lipinski definition) is 2. The summed E-state index contributed by atoms with van der Waals surface area (Å²) in [5.74, 6) is -0.974. The molecule has 1 aliphatic carbocycles. The number of aromatic nitrogens is 1. The highest BCUT2D eigenvalue weighted by Crippen LogP contribution is 2.23. The summed E-state index contributed by atoms with van der Waals surface area (Å²) in [5.41, 5.74) is 0.152. The molecule has 1 amide bonds. The van der Waals surface area contributed by atoms with Crippen molar-refractivity contribution in [3.8, 4) is 0 Å². The molecule has 0 radical (unpaired) electrons. The normalized spacial score (nSPS) is 17.2. The van der Waals surface area contributed by atoms with E-state index in [0.29, 0.717) is 11.1 Å². The van der Waals surface area contributed by atoms with E-state index in [4.69, 9.17) is 5.11 Å². The highest BCUT2D eigenvalue weighted by Gasteiger charge is 2.20. The van der Waals surface area contributed by atoms with Crippen LogP contribution in [0.1, 0.15) is 49.4 Å². The van der Waals surface area contributed by atoms with Gasteiger partial charge in [0, 0.05) is 12.2 Å². The molecule has 1 saturated carbocycles. The minimum atomic E-state index is -0.998. The van der Waals surface area contributed by atoms with Gasteiger partial charge in [0.1, 0.15) is 0 Å². The fraction of sp³-hybridized carbons (Fsp3) is 0.533. The minimum absolute atomic E-state index is 0.0241. The number of amides is 1.